The summed E-state index contributed by atoms with van der Waals surface area (Å²) in [5.74, 6) is 1.97. The number of nitrogens with two attached hydrogens (primary N) is 2. The molecule has 1 aliphatic heterocycles. The molecule has 1 fully saturated rings. The standard InChI is InChI=1S/C21H23ClN8S/c1-3-14-17(22)16-19(27-14)28-21(29-20(16)30-7-6-11(23)9-30)31-12-4-5-13-15(8-12)25-10(2)26-18(13)24/h4-5,8,11H,3,6-7,9,23H2,1-2H3,(H2,24,25,26)(H,27,28,29)/t11-/m0/s1. The number of benzene rings is 1. The summed E-state index contributed by atoms with van der Waals surface area (Å²) in [7, 11) is 0. The van der Waals surface area contributed by atoms with Crippen LogP contribution < -0.4 is 16.4 Å². The summed E-state index contributed by atoms with van der Waals surface area (Å²) < 4.78 is 0. The molecule has 4 aromatic rings. The van der Waals surface area contributed by atoms with Gasteiger partial charge in [0.2, 0.25) is 0 Å². The van der Waals surface area contributed by atoms with Crippen molar-refractivity contribution in [2.45, 2.75) is 42.8 Å². The van der Waals surface area contributed by atoms with Crippen molar-refractivity contribution in [1.29, 1.82) is 0 Å². The molecule has 0 saturated carbocycles. The maximum Gasteiger partial charge on any atom is 0.196 e. The van der Waals surface area contributed by atoms with Gasteiger partial charge < -0.3 is 21.4 Å². The predicted molar refractivity (Wildman–Crippen MR) is 126 cm³/mol. The zero-order chi connectivity index (χ0) is 21.7. The summed E-state index contributed by atoms with van der Waals surface area (Å²) in [5.41, 5.74) is 14.7. The lowest BCUT2D eigenvalue weighted by Gasteiger charge is -2.18. The molecular weight excluding hydrogens is 432 g/mol. The zero-order valence-corrected chi connectivity index (χ0v) is 18.9. The third-order valence-corrected chi connectivity index (χ3v) is 6.79. The highest BCUT2D eigenvalue weighted by Gasteiger charge is 2.26. The monoisotopic (exact) mass is 454 g/mol. The fraction of sp³-hybridized carbons (Fsp3) is 0.333. The number of halogens is 1. The number of aromatic amines is 1. The molecule has 0 radical (unpaired) electrons. The van der Waals surface area contributed by atoms with Gasteiger partial charge in [-0.15, -0.1) is 0 Å². The molecule has 0 spiro atoms. The van der Waals surface area contributed by atoms with Crippen LogP contribution in [-0.4, -0.2) is 44.1 Å². The van der Waals surface area contributed by atoms with Crippen molar-refractivity contribution in [1.82, 2.24) is 24.9 Å². The van der Waals surface area contributed by atoms with Crippen LogP contribution >= 0.6 is 23.4 Å². The number of nitrogens with one attached hydrogen (secondary N) is 1. The van der Waals surface area contributed by atoms with E-state index in [1.807, 2.05) is 25.1 Å². The summed E-state index contributed by atoms with van der Waals surface area (Å²) in [5, 5.41) is 3.04. The quantitative estimate of drug-likeness (QED) is 0.399. The van der Waals surface area contributed by atoms with E-state index in [1.165, 1.54) is 11.8 Å². The second-order valence-electron chi connectivity index (χ2n) is 7.76. The average molecular weight is 455 g/mol. The fourth-order valence-electron chi connectivity index (χ4n) is 3.99. The summed E-state index contributed by atoms with van der Waals surface area (Å²) in [6, 6.07) is 6.05. The van der Waals surface area contributed by atoms with Crippen molar-refractivity contribution >= 4 is 56.9 Å². The number of nitrogen functional groups attached to an aromatic ring is 1. The molecule has 31 heavy (non-hydrogen) atoms. The topological polar surface area (TPSA) is 123 Å². The first-order valence-electron chi connectivity index (χ1n) is 10.2. The van der Waals surface area contributed by atoms with Gasteiger partial charge in [-0.2, -0.15) is 0 Å². The number of aryl methyl sites for hydroxylation is 2. The third-order valence-electron chi connectivity index (χ3n) is 5.52. The smallest absolute Gasteiger partial charge is 0.196 e. The largest absolute Gasteiger partial charge is 0.383 e. The van der Waals surface area contributed by atoms with Crippen LogP contribution in [0.2, 0.25) is 5.02 Å². The Bertz CT molecular complexity index is 1300. The first-order valence-corrected chi connectivity index (χ1v) is 11.4. The highest BCUT2D eigenvalue weighted by atomic mass is 35.5. The van der Waals surface area contributed by atoms with Gasteiger partial charge in [0.05, 0.1) is 15.9 Å². The van der Waals surface area contributed by atoms with E-state index < -0.39 is 0 Å². The molecule has 0 amide bonds. The number of hydrogen-bond acceptors (Lipinski definition) is 8. The van der Waals surface area contributed by atoms with Crippen molar-refractivity contribution in [2.75, 3.05) is 23.7 Å². The zero-order valence-electron chi connectivity index (χ0n) is 17.3. The van der Waals surface area contributed by atoms with E-state index in [2.05, 4.69) is 26.8 Å². The first-order chi connectivity index (χ1) is 14.9. The fourth-order valence-corrected chi connectivity index (χ4v) is 5.13. The van der Waals surface area contributed by atoms with Crippen molar-refractivity contribution < 1.29 is 0 Å². The first kappa shape index (κ1) is 20.3. The molecule has 0 aliphatic carbocycles. The lowest BCUT2D eigenvalue weighted by Crippen LogP contribution is -2.27. The second kappa shape index (κ2) is 7.81. The van der Waals surface area contributed by atoms with Gasteiger partial charge in [-0.3, -0.25) is 0 Å². The normalized spacial score (nSPS) is 16.6. The third kappa shape index (κ3) is 3.66. The Morgan fingerprint density at radius 2 is 2.10 bits per heavy atom. The molecule has 1 aliphatic rings. The molecule has 5 rings (SSSR count). The molecule has 5 N–H and O–H groups in total. The molecular formula is C21H23ClN8S. The number of hydrogen-bond donors (Lipinski definition) is 3. The van der Waals surface area contributed by atoms with Gasteiger partial charge in [-0.25, -0.2) is 19.9 Å². The number of rotatable bonds is 4. The molecule has 8 nitrogen and oxygen atoms in total. The number of fused-ring (bicyclic) bond motifs is 2. The van der Waals surface area contributed by atoms with Gasteiger partial charge >= 0.3 is 0 Å². The van der Waals surface area contributed by atoms with E-state index in [0.717, 1.165) is 64.3 Å². The minimum atomic E-state index is 0.137. The van der Waals surface area contributed by atoms with Gasteiger partial charge in [0.25, 0.3) is 0 Å². The lowest BCUT2D eigenvalue weighted by molar-refractivity contribution is 0.751. The van der Waals surface area contributed by atoms with Gasteiger partial charge in [0.1, 0.15) is 23.1 Å². The Labute approximate surface area is 188 Å². The van der Waals surface area contributed by atoms with Gasteiger partial charge in [0.15, 0.2) is 5.16 Å². The maximum atomic E-state index is 6.68. The lowest BCUT2D eigenvalue weighted by atomic mass is 10.2. The van der Waals surface area contributed by atoms with Gasteiger partial charge in [-0.1, -0.05) is 18.5 Å². The summed E-state index contributed by atoms with van der Waals surface area (Å²) in [6.45, 7) is 5.51. The van der Waals surface area contributed by atoms with Gasteiger partial charge in [0, 0.05) is 35.1 Å². The van der Waals surface area contributed by atoms with Crippen LogP contribution in [0, 0.1) is 6.92 Å². The van der Waals surface area contributed by atoms with Crippen LogP contribution in [0.25, 0.3) is 21.9 Å². The summed E-state index contributed by atoms with van der Waals surface area (Å²) >= 11 is 8.16. The van der Waals surface area contributed by atoms with Crippen molar-refractivity contribution in [2.24, 2.45) is 5.73 Å². The Morgan fingerprint density at radius 1 is 1.26 bits per heavy atom. The Kier molecular flexibility index (Phi) is 5.11. The van der Waals surface area contributed by atoms with Crippen molar-refractivity contribution in [3.05, 3.63) is 34.7 Å². The molecule has 0 bridgehead atoms. The SMILES string of the molecule is CCc1[nH]c2nc(Sc3ccc4c(N)nc(C)nc4c3)nc(N3CC[C@H](N)C3)c2c1Cl. The molecule has 0 unspecified atom stereocenters. The molecule has 1 saturated heterocycles. The van der Waals surface area contributed by atoms with Crippen LogP contribution in [0.5, 0.6) is 0 Å². The van der Waals surface area contributed by atoms with E-state index >= 15 is 0 Å². The van der Waals surface area contributed by atoms with E-state index in [0.29, 0.717) is 21.8 Å². The van der Waals surface area contributed by atoms with Crippen molar-refractivity contribution in [3.8, 4) is 0 Å². The van der Waals surface area contributed by atoms with Crippen molar-refractivity contribution in [3.63, 3.8) is 0 Å². The van der Waals surface area contributed by atoms with Crippen LogP contribution in [0.4, 0.5) is 11.6 Å². The Balaban J connectivity index is 1.59. The van der Waals surface area contributed by atoms with Crippen LogP contribution in [0.15, 0.2) is 28.3 Å². The predicted octanol–water partition coefficient (Wildman–Crippen LogP) is 3.70. The van der Waals surface area contributed by atoms with Crippen LogP contribution in [0.1, 0.15) is 24.9 Å². The molecule has 1 atom stereocenters. The van der Waals surface area contributed by atoms with Gasteiger partial charge in [-0.05, 0) is 49.7 Å². The average Bonchev–Trinajstić information content (AvgIpc) is 3.30. The number of anilines is 2. The number of aromatic nitrogens is 5. The molecule has 1 aromatic carbocycles. The highest BCUT2D eigenvalue weighted by molar-refractivity contribution is 7.99. The van der Waals surface area contributed by atoms with E-state index in [4.69, 9.17) is 33.0 Å². The molecule has 4 heterocycles. The Hall–Kier alpha value is -2.62. The van der Waals surface area contributed by atoms with E-state index in [-0.39, 0.29) is 6.04 Å². The van der Waals surface area contributed by atoms with Crippen LogP contribution in [-0.2, 0) is 6.42 Å². The van der Waals surface area contributed by atoms with Crippen LogP contribution in [0.3, 0.4) is 0 Å². The molecule has 160 valence electrons. The Morgan fingerprint density at radius 3 is 2.84 bits per heavy atom. The number of H-pyrrole nitrogens is 1. The molecule has 3 aromatic heterocycles. The molecule has 10 heteroatoms. The summed E-state index contributed by atoms with van der Waals surface area (Å²) in [4.78, 5) is 25.0. The highest BCUT2D eigenvalue weighted by Crippen LogP contribution is 2.38. The van der Waals surface area contributed by atoms with E-state index in [9.17, 15) is 0 Å². The second-order valence-corrected chi connectivity index (χ2v) is 9.17. The number of nitrogens with zero attached hydrogens (tertiary/aromatic N) is 5. The minimum absolute atomic E-state index is 0.137. The maximum absolute atomic E-state index is 6.68. The minimum Gasteiger partial charge on any atom is -0.383 e. The van der Waals surface area contributed by atoms with E-state index in [1.54, 1.807) is 0 Å². The summed E-state index contributed by atoms with van der Waals surface area (Å²) in [6.07, 6.45) is 1.73.